The van der Waals surface area contributed by atoms with Gasteiger partial charge in [-0.05, 0) is 23.5 Å². The fraction of sp³-hybridized carbons (Fsp3) is 0.316. The van der Waals surface area contributed by atoms with Gasteiger partial charge in [-0.1, -0.05) is 32.0 Å². The third kappa shape index (κ3) is 2.39. The summed E-state index contributed by atoms with van der Waals surface area (Å²) in [7, 11) is 0. The van der Waals surface area contributed by atoms with Crippen LogP contribution in [0.1, 0.15) is 54.1 Å². The number of aromatic carboxylic acids is 1. The van der Waals surface area contributed by atoms with Gasteiger partial charge in [-0.3, -0.25) is 19.8 Å². The first-order valence-corrected chi connectivity index (χ1v) is 8.44. The third-order valence-corrected chi connectivity index (χ3v) is 5.09. The van der Waals surface area contributed by atoms with E-state index >= 15 is 0 Å². The number of anilines is 1. The summed E-state index contributed by atoms with van der Waals surface area (Å²) in [6.45, 7) is 4.04. The maximum Gasteiger partial charge on any atom is 0.335 e. The second kappa shape index (κ2) is 5.45. The molecule has 1 aromatic carbocycles. The fourth-order valence-corrected chi connectivity index (χ4v) is 4.07. The van der Waals surface area contributed by atoms with Crippen molar-refractivity contribution < 1.29 is 14.7 Å². The van der Waals surface area contributed by atoms with Crippen LogP contribution in [0.3, 0.4) is 0 Å². The van der Waals surface area contributed by atoms with Crippen molar-refractivity contribution in [2.45, 2.75) is 32.6 Å². The second-order valence-corrected chi connectivity index (χ2v) is 7.65. The number of allylic oxidation sites excluding steroid dienone is 2. The van der Waals surface area contributed by atoms with Gasteiger partial charge >= 0.3 is 5.97 Å². The number of ketones is 1. The number of fused-ring (bicyclic) bond motifs is 1. The van der Waals surface area contributed by atoms with E-state index in [2.05, 4.69) is 15.5 Å². The summed E-state index contributed by atoms with van der Waals surface area (Å²) >= 11 is 0. The zero-order valence-corrected chi connectivity index (χ0v) is 14.5. The Morgan fingerprint density at radius 2 is 1.88 bits per heavy atom. The monoisotopic (exact) mass is 353 g/mol. The lowest BCUT2D eigenvalue weighted by Gasteiger charge is -2.38. The standard InChI is InChI=1S/C19H19N3O4/c1-19(2)7-11-14(12(23)8-19)13(15-16(20-11)21-22-17(15)24)9-5-3-4-6-10(9)18(25)26/h3-6,13H,7-8H2,1-2H3,(H,25,26)(H3,20,21,22,24)/t13-/m1/s1. The zero-order chi connectivity index (χ0) is 18.6. The number of benzene rings is 1. The Kier molecular flexibility index (Phi) is 3.44. The van der Waals surface area contributed by atoms with Gasteiger partial charge in [-0.25, -0.2) is 4.79 Å². The lowest BCUT2D eigenvalue weighted by molar-refractivity contribution is -0.118. The van der Waals surface area contributed by atoms with E-state index in [-0.39, 0.29) is 22.3 Å². The molecule has 0 saturated heterocycles. The second-order valence-electron chi connectivity index (χ2n) is 7.65. The van der Waals surface area contributed by atoms with Crippen LogP contribution in [0.15, 0.2) is 40.3 Å². The Bertz CT molecular complexity index is 1030. The van der Waals surface area contributed by atoms with Gasteiger partial charge in [0.1, 0.15) is 5.82 Å². The van der Waals surface area contributed by atoms with E-state index in [9.17, 15) is 19.5 Å². The molecule has 7 nitrogen and oxygen atoms in total. The Morgan fingerprint density at radius 3 is 2.62 bits per heavy atom. The number of nitrogens with one attached hydrogen (secondary N) is 3. The fourth-order valence-electron chi connectivity index (χ4n) is 4.07. The van der Waals surface area contributed by atoms with Crippen molar-refractivity contribution in [1.82, 2.24) is 10.2 Å². The number of aromatic amines is 2. The van der Waals surface area contributed by atoms with Gasteiger partial charge in [-0.15, -0.1) is 0 Å². The van der Waals surface area contributed by atoms with Crippen LogP contribution in [0.4, 0.5) is 5.82 Å². The van der Waals surface area contributed by atoms with E-state index in [4.69, 9.17) is 0 Å². The molecule has 1 aliphatic heterocycles. The normalized spacial score (nSPS) is 21.0. The summed E-state index contributed by atoms with van der Waals surface area (Å²) < 4.78 is 0. The molecule has 0 amide bonds. The molecule has 1 aliphatic carbocycles. The van der Waals surface area contributed by atoms with Gasteiger partial charge in [-0.2, -0.15) is 0 Å². The molecular weight excluding hydrogens is 334 g/mol. The molecule has 0 spiro atoms. The van der Waals surface area contributed by atoms with Gasteiger partial charge in [0.05, 0.1) is 11.1 Å². The summed E-state index contributed by atoms with van der Waals surface area (Å²) in [5.74, 6) is -1.35. The minimum Gasteiger partial charge on any atom is -0.478 e. The van der Waals surface area contributed by atoms with E-state index in [1.807, 2.05) is 13.8 Å². The average Bonchev–Trinajstić information content (AvgIpc) is 2.92. The van der Waals surface area contributed by atoms with Crippen LogP contribution in [0, 0.1) is 5.41 Å². The lowest BCUT2D eigenvalue weighted by atomic mass is 9.69. The Balaban J connectivity index is 2.01. The van der Waals surface area contributed by atoms with Crippen molar-refractivity contribution >= 4 is 17.6 Å². The first kappa shape index (κ1) is 16.4. The molecule has 7 heteroatoms. The minimum atomic E-state index is -1.08. The quantitative estimate of drug-likeness (QED) is 0.662. The number of hydrogen-bond donors (Lipinski definition) is 4. The maximum absolute atomic E-state index is 13.0. The number of carboxylic acid groups (broad SMARTS) is 1. The van der Waals surface area contributed by atoms with Crippen LogP contribution in [-0.4, -0.2) is 27.1 Å². The molecular formula is C19H19N3O4. The molecule has 0 fully saturated rings. The highest BCUT2D eigenvalue weighted by molar-refractivity contribution is 6.02. The summed E-state index contributed by atoms with van der Waals surface area (Å²) in [5, 5.41) is 18.1. The van der Waals surface area contributed by atoms with Crippen LogP contribution in [0.2, 0.25) is 0 Å². The maximum atomic E-state index is 13.0. The van der Waals surface area contributed by atoms with E-state index in [1.165, 1.54) is 6.07 Å². The van der Waals surface area contributed by atoms with Crippen molar-refractivity contribution in [2.75, 3.05) is 5.32 Å². The number of hydrogen-bond acceptors (Lipinski definition) is 4. The van der Waals surface area contributed by atoms with Crippen LogP contribution in [-0.2, 0) is 4.79 Å². The molecule has 0 bridgehead atoms. The summed E-state index contributed by atoms with van der Waals surface area (Å²) in [5.41, 5.74) is 1.58. The number of aromatic nitrogens is 2. The molecule has 2 aromatic rings. The van der Waals surface area contributed by atoms with Crippen molar-refractivity contribution in [3.63, 3.8) is 0 Å². The molecule has 4 rings (SSSR count). The third-order valence-electron chi connectivity index (χ3n) is 5.09. The Hall–Kier alpha value is -3.09. The van der Waals surface area contributed by atoms with Gasteiger partial charge in [0, 0.05) is 23.6 Å². The Labute approximate surface area is 149 Å². The van der Waals surface area contributed by atoms with Crippen LogP contribution in [0.25, 0.3) is 0 Å². The van der Waals surface area contributed by atoms with Gasteiger partial charge in [0.15, 0.2) is 5.78 Å². The smallest absolute Gasteiger partial charge is 0.335 e. The molecule has 134 valence electrons. The highest BCUT2D eigenvalue weighted by atomic mass is 16.4. The minimum absolute atomic E-state index is 0.0554. The average molecular weight is 353 g/mol. The first-order chi connectivity index (χ1) is 12.3. The van der Waals surface area contributed by atoms with E-state index in [1.54, 1.807) is 18.2 Å². The molecule has 26 heavy (non-hydrogen) atoms. The highest BCUT2D eigenvalue weighted by Gasteiger charge is 2.43. The summed E-state index contributed by atoms with van der Waals surface area (Å²) in [6, 6.07) is 6.53. The van der Waals surface area contributed by atoms with E-state index in [0.717, 1.165) is 5.70 Å². The van der Waals surface area contributed by atoms with Gasteiger partial charge in [0.25, 0.3) is 5.56 Å². The molecule has 0 saturated carbocycles. The number of carbonyl (C=O) groups excluding carboxylic acids is 1. The number of carboxylic acids is 1. The zero-order valence-electron chi connectivity index (χ0n) is 14.5. The SMILES string of the molecule is CC1(C)CC(=O)C2=C(C1)Nc1[nH][nH]c(=O)c1[C@@H]2c1ccccc1C(=O)O. The molecule has 1 atom stereocenters. The van der Waals surface area contributed by atoms with Crippen molar-refractivity contribution in [2.24, 2.45) is 5.41 Å². The predicted molar refractivity (Wildman–Crippen MR) is 95.3 cm³/mol. The topological polar surface area (TPSA) is 115 Å². The van der Waals surface area contributed by atoms with Crippen LogP contribution in [0.5, 0.6) is 0 Å². The molecule has 0 radical (unpaired) electrons. The van der Waals surface area contributed by atoms with Gasteiger partial charge < -0.3 is 10.4 Å². The number of rotatable bonds is 2. The molecule has 4 N–H and O–H groups in total. The van der Waals surface area contributed by atoms with Crippen LogP contribution < -0.4 is 10.9 Å². The number of H-pyrrole nitrogens is 2. The molecule has 2 aliphatic rings. The Morgan fingerprint density at radius 1 is 1.15 bits per heavy atom. The first-order valence-electron chi connectivity index (χ1n) is 8.44. The largest absolute Gasteiger partial charge is 0.478 e. The molecule has 2 heterocycles. The number of carbonyl (C=O) groups is 2. The summed E-state index contributed by atoms with van der Waals surface area (Å²) in [6.07, 6.45) is 1.00. The van der Waals surface area contributed by atoms with Crippen molar-refractivity contribution in [3.05, 3.63) is 62.6 Å². The van der Waals surface area contributed by atoms with E-state index in [0.29, 0.717) is 35.4 Å². The highest BCUT2D eigenvalue weighted by Crippen LogP contribution is 2.48. The van der Waals surface area contributed by atoms with Crippen molar-refractivity contribution in [1.29, 1.82) is 0 Å². The van der Waals surface area contributed by atoms with Gasteiger partial charge in [0.2, 0.25) is 0 Å². The van der Waals surface area contributed by atoms with E-state index < -0.39 is 11.9 Å². The lowest BCUT2D eigenvalue weighted by Crippen LogP contribution is -2.35. The van der Waals surface area contributed by atoms with Crippen molar-refractivity contribution in [3.8, 4) is 0 Å². The molecule has 1 aromatic heterocycles. The van der Waals surface area contributed by atoms with Crippen LogP contribution >= 0.6 is 0 Å². The molecule has 0 unspecified atom stereocenters. The predicted octanol–water partition coefficient (Wildman–Crippen LogP) is 2.60. The summed E-state index contributed by atoms with van der Waals surface area (Å²) in [4.78, 5) is 37.1. The number of Topliss-reactive ketones (excluding diaryl/α,β-unsaturated/α-hetero) is 1.